The van der Waals surface area contributed by atoms with Crippen LogP contribution in [0.4, 0.5) is 0 Å². The zero-order valence-electron chi connectivity index (χ0n) is 10.0. The van der Waals surface area contributed by atoms with Gasteiger partial charge in [0.15, 0.2) is 10.9 Å². The van der Waals surface area contributed by atoms with E-state index in [-0.39, 0.29) is 0 Å². The van der Waals surface area contributed by atoms with Gasteiger partial charge in [0, 0.05) is 19.0 Å². The van der Waals surface area contributed by atoms with E-state index >= 15 is 0 Å². The molecule has 0 atom stereocenters. The summed E-state index contributed by atoms with van der Waals surface area (Å²) < 4.78 is 5.01. The molecule has 0 amide bonds. The number of hydrogen-bond acceptors (Lipinski definition) is 4. The van der Waals surface area contributed by atoms with Crippen molar-refractivity contribution >= 4 is 17.3 Å². The van der Waals surface area contributed by atoms with Gasteiger partial charge in [0.05, 0.1) is 0 Å². The molecule has 6 heteroatoms. The zero-order chi connectivity index (χ0) is 12.1. The highest BCUT2D eigenvalue weighted by molar-refractivity contribution is 7.80. The Morgan fingerprint density at radius 2 is 2.24 bits per heavy atom. The molecule has 1 aromatic rings. The van der Waals surface area contributed by atoms with E-state index in [4.69, 9.17) is 16.7 Å². The number of nitrogens with one attached hydrogen (secondary N) is 2. The number of aromatic nitrogens is 2. The Morgan fingerprint density at radius 1 is 1.47 bits per heavy atom. The molecule has 0 bridgehead atoms. The molecule has 0 aromatic carbocycles. The summed E-state index contributed by atoms with van der Waals surface area (Å²) in [7, 11) is 0. The Morgan fingerprint density at radius 3 is 2.88 bits per heavy atom. The van der Waals surface area contributed by atoms with Crippen LogP contribution in [0.5, 0.6) is 0 Å². The summed E-state index contributed by atoms with van der Waals surface area (Å²) in [4.78, 5) is 4.13. The Balaban J connectivity index is 1.62. The maximum absolute atomic E-state index is 5.22. The number of hydrogen-bond donors (Lipinski definition) is 2. The molecule has 1 saturated carbocycles. The van der Waals surface area contributed by atoms with Gasteiger partial charge in [0.2, 0.25) is 5.89 Å². The highest BCUT2D eigenvalue weighted by Crippen LogP contribution is 2.17. The first kappa shape index (κ1) is 12.3. The molecular formula is C11H18N4OS. The lowest BCUT2D eigenvalue weighted by Crippen LogP contribution is -2.41. The predicted molar refractivity (Wildman–Crippen MR) is 68.7 cm³/mol. The van der Waals surface area contributed by atoms with Gasteiger partial charge in [-0.25, -0.2) is 0 Å². The van der Waals surface area contributed by atoms with Crippen molar-refractivity contribution in [2.24, 2.45) is 0 Å². The van der Waals surface area contributed by atoms with Crippen LogP contribution in [0, 0.1) is 6.92 Å². The molecule has 0 unspecified atom stereocenters. The fraction of sp³-hybridized carbons (Fsp3) is 0.727. The molecule has 2 N–H and O–H groups in total. The fourth-order valence-electron chi connectivity index (χ4n) is 2.03. The van der Waals surface area contributed by atoms with Crippen molar-refractivity contribution in [3.8, 4) is 0 Å². The van der Waals surface area contributed by atoms with Gasteiger partial charge in [-0.1, -0.05) is 18.0 Å². The van der Waals surface area contributed by atoms with E-state index in [1.165, 1.54) is 25.7 Å². The standard InChI is InChI=1S/C11H18N4OS/c1-8-13-10(16-15-8)6-7-12-11(17)14-9-4-2-3-5-9/h9H,2-7H2,1H3,(H2,12,14,17). The van der Waals surface area contributed by atoms with E-state index < -0.39 is 0 Å². The smallest absolute Gasteiger partial charge is 0.228 e. The molecule has 17 heavy (non-hydrogen) atoms. The second-order valence-electron chi connectivity index (χ2n) is 4.37. The molecule has 94 valence electrons. The first-order chi connectivity index (χ1) is 8.24. The third-order valence-corrected chi connectivity index (χ3v) is 3.15. The maximum atomic E-state index is 5.22. The lowest BCUT2D eigenvalue weighted by molar-refractivity contribution is 0.374. The molecule has 0 saturated heterocycles. The van der Waals surface area contributed by atoms with E-state index in [1.807, 2.05) is 6.92 Å². The summed E-state index contributed by atoms with van der Waals surface area (Å²) in [6, 6.07) is 0.556. The summed E-state index contributed by atoms with van der Waals surface area (Å²) in [6.45, 7) is 2.53. The van der Waals surface area contributed by atoms with Gasteiger partial charge in [-0.15, -0.1) is 0 Å². The predicted octanol–water partition coefficient (Wildman–Crippen LogP) is 1.33. The van der Waals surface area contributed by atoms with Crippen LogP contribution in [0.3, 0.4) is 0 Å². The molecule has 1 heterocycles. The van der Waals surface area contributed by atoms with Crippen molar-refractivity contribution in [2.45, 2.75) is 45.1 Å². The minimum atomic E-state index is 0.556. The topological polar surface area (TPSA) is 63.0 Å². The minimum absolute atomic E-state index is 0.556. The van der Waals surface area contributed by atoms with Crippen LogP contribution < -0.4 is 10.6 Å². The lowest BCUT2D eigenvalue weighted by Gasteiger charge is -2.15. The van der Waals surface area contributed by atoms with Crippen LogP contribution in [0.25, 0.3) is 0 Å². The van der Waals surface area contributed by atoms with Crippen LogP contribution in [0.15, 0.2) is 4.52 Å². The van der Waals surface area contributed by atoms with Crippen molar-refractivity contribution in [1.82, 2.24) is 20.8 Å². The molecule has 0 spiro atoms. The van der Waals surface area contributed by atoms with Gasteiger partial charge in [0.25, 0.3) is 0 Å². The molecular weight excluding hydrogens is 236 g/mol. The van der Waals surface area contributed by atoms with Crippen LogP contribution >= 0.6 is 12.2 Å². The van der Waals surface area contributed by atoms with Gasteiger partial charge in [-0.3, -0.25) is 0 Å². The van der Waals surface area contributed by atoms with Crippen molar-refractivity contribution in [2.75, 3.05) is 6.54 Å². The number of nitrogens with zero attached hydrogens (tertiary/aromatic N) is 2. The second-order valence-corrected chi connectivity index (χ2v) is 4.78. The van der Waals surface area contributed by atoms with Gasteiger partial charge in [-0.05, 0) is 32.0 Å². The summed E-state index contributed by atoms with van der Waals surface area (Å²) >= 11 is 5.22. The molecule has 1 aliphatic carbocycles. The highest BCUT2D eigenvalue weighted by Gasteiger charge is 2.15. The second kappa shape index (κ2) is 5.95. The summed E-state index contributed by atoms with van der Waals surface area (Å²) in [5.74, 6) is 1.32. The number of aryl methyl sites for hydroxylation is 1. The molecule has 1 fully saturated rings. The average molecular weight is 254 g/mol. The number of rotatable bonds is 4. The molecule has 5 nitrogen and oxygen atoms in total. The Kier molecular flexibility index (Phi) is 4.30. The van der Waals surface area contributed by atoms with E-state index in [9.17, 15) is 0 Å². The van der Waals surface area contributed by atoms with Crippen molar-refractivity contribution < 1.29 is 4.52 Å². The van der Waals surface area contributed by atoms with E-state index in [0.29, 0.717) is 24.2 Å². The van der Waals surface area contributed by atoms with Crippen molar-refractivity contribution in [3.63, 3.8) is 0 Å². The Hall–Kier alpha value is -1.17. The van der Waals surface area contributed by atoms with E-state index in [2.05, 4.69) is 20.8 Å². The monoisotopic (exact) mass is 254 g/mol. The molecule has 1 aromatic heterocycles. The summed E-state index contributed by atoms with van der Waals surface area (Å²) in [5, 5.41) is 10.9. The average Bonchev–Trinajstić information content (AvgIpc) is 2.90. The molecule has 1 aliphatic rings. The van der Waals surface area contributed by atoms with Crippen LogP contribution in [-0.2, 0) is 6.42 Å². The molecule has 0 radical (unpaired) electrons. The van der Waals surface area contributed by atoms with Crippen LogP contribution in [0.1, 0.15) is 37.4 Å². The van der Waals surface area contributed by atoms with Crippen molar-refractivity contribution in [1.29, 1.82) is 0 Å². The third-order valence-electron chi connectivity index (χ3n) is 2.88. The Labute approximate surface area is 106 Å². The largest absolute Gasteiger partial charge is 0.362 e. The summed E-state index contributed by atoms with van der Waals surface area (Å²) in [6.07, 6.45) is 5.77. The Bertz CT molecular complexity index is 373. The van der Waals surface area contributed by atoms with Crippen molar-refractivity contribution in [3.05, 3.63) is 11.7 Å². The quantitative estimate of drug-likeness (QED) is 0.790. The lowest BCUT2D eigenvalue weighted by atomic mass is 10.3. The SMILES string of the molecule is Cc1noc(CCNC(=S)NC2CCCC2)n1. The maximum Gasteiger partial charge on any atom is 0.228 e. The first-order valence-electron chi connectivity index (χ1n) is 6.07. The highest BCUT2D eigenvalue weighted by atomic mass is 32.1. The fourth-order valence-corrected chi connectivity index (χ4v) is 2.30. The van der Waals surface area contributed by atoms with Gasteiger partial charge < -0.3 is 15.2 Å². The van der Waals surface area contributed by atoms with Gasteiger partial charge in [0.1, 0.15) is 0 Å². The molecule has 2 rings (SSSR count). The van der Waals surface area contributed by atoms with Crippen LogP contribution in [-0.4, -0.2) is 27.8 Å². The number of thiocarbonyl (C=S) groups is 1. The normalized spacial score (nSPS) is 16.1. The van der Waals surface area contributed by atoms with Gasteiger partial charge in [-0.2, -0.15) is 4.98 Å². The molecule has 0 aliphatic heterocycles. The van der Waals surface area contributed by atoms with Gasteiger partial charge >= 0.3 is 0 Å². The summed E-state index contributed by atoms with van der Waals surface area (Å²) in [5.41, 5.74) is 0. The first-order valence-corrected chi connectivity index (χ1v) is 6.48. The van der Waals surface area contributed by atoms with Crippen LogP contribution in [0.2, 0.25) is 0 Å². The van der Waals surface area contributed by atoms with E-state index in [0.717, 1.165) is 11.7 Å². The van der Waals surface area contributed by atoms with E-state index in [1.54, 1.807) is 0 Å². The third kappa shape index (κ3) is 3.96. The zero-order valence-corrected chi connectivity index (χ0v) is 10.8. The minimum Gasteiger partial charge on any atom is -0.362 e.